The Morgan fingerprint density at radius 2 is 1.57 bits per heavy atom. The largest absolute Gasteiger partial charge is 0.368 e. The summed E-state index contributed by atoms with van der Waals surface area (Å²) >= 11 is 0. The van der Waals surface area contributed by atoms with Crippen LogP contribution in [0, 0.1) is 11.3 Å². The van der Waals surface area contributed by atoms with Crippen molar-refractivity contribution < 1.29 is 8.42 Å². The number of likely N-dealkylation sites (N-methyl/N-ethyl adjacent to an activating group) is 1. The van der Waals surface area contributed by atoms with Gasteiger partial charge in [0.1, 0.15) is 11.8 Å². The highest BCUT2D eigenvalue weighted by atomic mass is 32.2. The monoisotopic (exact) mass is 400 g/mol. The van der Waals surface area contributed by atoms with Crippen molar-refractivity contribution in [3.05, 3.63) is 36.0 Å². The third-order valence-corrected chi connectivity index (χ3v) is 7.54. The molecule has 8 nitrogen and oxygen atoms in total. The summed E-state index contributed by atoms with van der Waals surface area (Å²) in [5.41, 5.74) is 2.10. The lowest BCUT2D eigenvalue weighted by Crippen LogP contribution is -2.56. The lowest BCUT2D eigenvalue weighted by atomic mass is 10.1. The second-order valence-corrected chi connectivity index (χ2v) is 9.18. The fraction of sp³-hybridized carbons (Fsp3) is 0.474. The maximum Gasteiger partial charge on any atom is 0.282 e. The van der Waals surface area contributed by atoms with Crippen molar-refractivity contribution in [2.75, 3.05) is 64.3 Å². The SMILES string of the molecule is CN1CCN(S(=O)(=O)N2CCN(c3cc(C#N)nc4ccccc34)CC2)CC1. The Bertz CT molecular complexity index is 1000. The Morgan fingerprint density at radius 3 is 2.21 bits per heavy atom. The first-order chi connectivity index (χ1) is 13.5. The molecular formula is C19H24N6O2S. The van der Waals surface area contributed by atoms with E-state index in [0.717, 1.165) is 29.7 Å². The summed E-state index contributed by atoms with van der Waals surface area (Å²) in [7, 11) is -1.41. The molecule has 9 heteroatoms. The van der Waals surface area contributed by atoms with E-state index in [1.54, 1.807) is 14.7 Å². The van der Waals surface area contributed by atoms with Gasteiger partial charge in [0.05, 0.1) is 5.52 Å². The Labute approximate surface area is 165 Å². The maximum absolute atomic E-state index is 13.0. The van der Waals surface area contributed by atoms with Crippen LogP contribution in [-0.4, -0.2) is 86.3 Å². The highest BCUT2D eigenvalue weighted by Crippen LogP contribution is 2.28. The van der Waals surface area contributed by atoms with Gasteiger partial charge in [-0.15, -0.1) is 0 Å². The van der Waals surface area contributed by atoms with Crippen LogP contribution in [0.25, 0.3) is 10.9 Å². The van der Waals surface area contributed by atoms with Crippen molar-refractivity contribution in [1.82, 2.24) is 18.5 Å². The minimum Gasteiger partial charge on any atom is -0.368 e. The summed E-state index contributed by atoms with van der Waals surface area (Å²) in [5.74, 6) is 0. The van der Waals surface area contributed by atoms with E-state index < -0.39 is 10.2 Å². The van der Waals surface area contributed by atoms with E-state index >= 15 is 0 Å². The molecule has 0 spiro atoms. The number of nitrogens with zero attached hydrogens (tertiary/aromatic N) is 6. The first-order valence-corrected chi connectivity index (χ1v) is 10.9. The second-order valence-electron chi connectivity index (χ2n) is 7.25. The number of para-hydroxylation sites is 1. The summed E-state index contributed by atoms with van der Waals surface area (Å²) in [6, 6.07) is 11.7. The van der Waals surface area contributed by atoms with E-state index in [1.165, 1.54) is 0 Å². The smallest absolute Gasteiger partial charge is 0.282 e. The topological polar surface area (TPSA) is 83.8 Å². The van der Waals surface area contributed by atoms with Crippen molar-refractivity contribution in [3.8, 4) is 6.07 Å². The maximum atomic E-state index is 13.0. The van der Waals surface area contributed by atoms with E-state index in [1.807, 2.05) is 31.3 Å². The van der Waals surface area contributed by atoms with Crippen LogP contribution in [0.2, 0.25) is 0 Å². The number of benzene rings is 1. The van der Waals surface area contributed by atoms with E-state index in [9.17, 15) is 13.7 Å². The van der Waals surface area contributed by atoms with Crippen LogP contribution in [0.4, 0.5) is 5.69 Å². The molecule has 28 heavy (non-hydrogen) atoms. The summed E-state index contributed by atoms with van der Waals surface area (Å²) in [5, 5.41) is 10.3. The Kier molecular flexibility index (Phi) is 5.21. The first-order valence-electron chi connectivity index (χ1n) is 9.47. The third-order valence-electron chi connectivity index (χ3n) is 5.50. The molecule has 2 saturated heterocycles. The molecule has 0 bridgehead atoms. The number of hydrogen-bond donors (Lipinski definition) is 0. The zero-order chi connectivity index (χ0) is 19.7. The summed E-state index contributed by atoms with van der Waals surface area (Å²) in [6.45, 7) is 4.66. The molecule has 0 atom stereocenters. The van der Waals surface area contributed by atoms with Gasteiger partial charge in [0.2, 0.25) is 0 Å². The molecule has 0 N–H and O–H groups in total. The van der Waals surface area contributed by atoms with Crippen molar-refractivity contribution >= 4 is 26.8 Å². The van der Waals surface area contributed by atoms with Crippen molar-refractivity contribution in [2.24, 2.45) is 0 Å². The van der Waals surface area contributed by atoms with Gasteiger partial charge in [0.15, 0.2) is 0 Å². The third kappa shape index (κ3) is 3.56. The van der Waals surface area contributed by atoms with Crippen LogP contribution >= 0.6 is 0 Å². The highest BCUT2D eigenvalue weighted by Gasteiger charge is 2.34. The van der Waals surface area contributed by atoms with E-state index in [0.29, 0.717) is 45.0 Å². The summed E-state index contributed by atoms with van der Waals surface area (Å²) in [4.78, 5) is 8.66. The molecule has 0 unspecified atom stereocenters. The molecule has 0 aliphatic carbocycles. The number of fused-ring (bicyclic) bond motifs is 1. The Balaban J connectivity index is 1.52. The summed E-state index contributed by atoms with van der Waals surface area (Å²) < 4.78 is 29.1. The van der Waals surface area contributed by atoms with Crippen LogP contribution in [0.3, 0.4) is 0 Å². The van der Waals surface area contributed by atoms with E-state index in [4.69, 9.17) is 0 Å². The number of anilines is 1. The normalized spacial score (nSPS) is 20.4. The molecule has 0 radical (unpaired) electrons. The minimum absolute atomic E-state index is 0.376. The quantitative estimate of drug-likeness (QED) is 0.755. The number of pyridine rings is 1. The molecule has 1 aromatic carbocycles. The molecule has 0 amide bonds. The fourth-order valence-electron chi connectivity index (χ4n) is 3.82. The minimum atomic E-state index is -3.42. The van der Waals surface area contributed by atoms with Gasteiger partial charge in [-0.1, -0.05) is 18.2 Å². The van der Waals surface area contributed by atoms with Crippen LogP contribution in [0.1, 0.15) is 5.69 Å². The first kappa shape index (κ1) is 19.1. The average molecular weight is 401 g/mol. The van der Waals surface area contributed by atoms with Gasteiger partial charge in [-0.05, 0) is 19.2 Å². The van der Waals surface area contributed by atoms with Crippen LogP contribution in [0.15, 0.2) is 30.3 Å². The predicted molar refractivity (Wildman–Crippen MR) is 108 cm³/mol. The predicted octanol–water partition coefficient (Wildman–Crippen LogP) is 0.721. The molecule has 4 rings (SSSR count). The standard InChI is InChI=1S/C19H24N6O2S/c1-22-6-10-24(11-7-22)28(26,27)25-12-8-23(9-13-25)19-14-16(15-20)21-18-5-3-2-4-17(18)19/h2-5,14H,6-13H2,1H3. The van der Waals surface area contributed by atoms with Crippen LogP contribution in [0.5, 0.6) is 0 Å². The van der Waals surface area contributed by atoms with Gasteiger partial charge in [-0.25, -0.2) is 4.98 Å². The molecule has 2 aliphatic rings. The zero-order valence-corrected chi connectivity index (χ0v) is 16.8. The fourth-order valence-corrected chi connectivity index (χ4v) is 5.39. The van der Waals surface area contributed by atoms with Gasteiger partial charge in [-0.2, -0.15) is 22.3 Å². The number of piperazine rings is 2. The molecule has 2 fully saturated rings. The molecule has 0 saturated carbocycles. The van der Waals surface area contributed by atoms with Crippen molar-refractivity contribution in [3.63, 3.8) is 0 Å². The molecule has 148 valence electrons. The van der Waals surface area contributed by atoms with Crippen LogP contribution in [-0.2, 0) is 10.2 Å². The lowest BCUT2D eigenvalue weighted by Gasteiger charge is -2.40. The van der Waals surface area contributed by atoms with Gasteiger partial charge in [-0.3, -0.25) is 0 Å². The highest BCUT2D eigenvalue weighted by molar-refractivity contribution is 7.86. The second kappa shape index (κ2) is 7.64. The zero-order valence-electron chi connectivity index (χ0n) is 16.0. The molecule has 2 aromatic rings. The van der Waals surface area contributed by atoms with Gasteiger partial charge >= 0.3 is 0 Å². The molecule has 3 heterocycles. The Morgan fingerprint density at radius 1 is 0.964 bits per heavy atom. The van der Waals surface area contributed by atoms with E-state index in [-0.39, 0.29) is 0 Å². The number of hydrogen-bond acceptors (Lipinski definition) is 6. The van der Waals surface area contributed by atoms with Gasteiger partial charge < -0.3 is 9.80 Å². The molecule has 1 aromatic heterocycles. The van der Waals surface area contributed by atoms with Crippen molar-refractivity contribution in [1.29, 1.82) is 5.26 Å². The summed E-state index contributed by atoms with van der Waals surface area (Å²) in [6.07, 6.45) is 0. The van der Waals surface area contributed by atoms with Crippen molar-refractivity contribution in [2.45, 2.75) is 0 Å². The van der Waals surface area contributed by atoms with Crippen LogP contribution < -0.4 is 4.90 Å². The lowest BCUT2D eigenvalue weighted by molar-refractivity contribution is 0.210. The average Bonchev–Trinajstić information content (AvgIpc) is 2.73. The number of aromatic nitrogens is 1. The van der Waals surface area contributed by atoms with Gasteiger partial charge in [0.25, 0.3) is 10.2 Å². The molecular weight excluding hydrogens is 376 g/mol. The molecule has 2 aliphatic heterocycles. The number of nitriles is 1. The van der Waals surface area contributed by atoms with E-state index in [2.05, 4.69) is 20.9 Å². The van der Waals surface area contributed by atoms with Gasteiger partial charge in [0, 0.05) is 63.4 Å². The Hall–Kier alpha value is -2.25. The number of rotatable bonds is 3.